The molecule has 0 saturated heterocycles. The van der Waals surface area contributed by atoms with E-state index in [1.807, 2.05) is 6.07 Å². The van der Waals surface area contributed by atoms with Crippen molar-refractivity contribution in [3.63, 3.8) is 0 Å². The van der Waals surface area contributed by atoms with E-state index < -0.39 is 0 Å². The Kier molecular flexibility index (Phi) is 4.10. The molecule has 1 aliphatic rings. The minimum atomic E-state index is -0.357. The van der Waals surface area contributed by atoms with Gasteiger partial charge in [-0.1, -0.05) is 11.6 Å². The Labute approximate surface area is 156 Å². The molecule has 1 amide bonds. The average molecular weight is 418 g/mol. The van der Waals surface area contributed by atoms with Crippen molar-refractivity contribution in [1.29, 1.82) is 0 Å². The molecule has 0 fully saturated rings. The lowest BCUT2D eigenvalue weighted by atomic mass is 10.0. The number of rotatable bonds is 3. The van der Waals surface area contributed by atoms with Gasteiger partial charge in [0.2, 0.25) is 0 Å². The fourth-order valence-corrected chi connectivity index (χ4v) is 3.16. The van der Waals surface area contributed by atoms with Crippen molar-refractivity contribution in [3.05, 3.63) is 69.4 Å². The van der Waals surface area contributed by atoms with Gasteiger partial charge in [-0.2, -0.15) is 0 Å². The molecule has 0 atom stereocenters. The van der Waals surface area contributed by atoms with Gasteiger partial charge in [-0.15, -0.1) is 0 Å². The molecule has 0 spiro atoms. The zero-order valence-corrected chi connectivity index (χ0v) is 15.0. The minimum absolute atomic E-state index is 0.205. The molecule has 0 saturated carbocycles. The van der Waals surface area contributed by atoms with E-state index in [0.717, 1.165) is 21.3 Å². The van der Waals surface area contributed by atoms with E-state index in [0.29, 0.717) is 22.9 Å². The Morgan fingerprint density at radius 1 is 1.28 bits per heavy atom. The maximum absolute atomic E-state index is 12.1. The Hall–Kier alpha value is -2.51. The van der Waals surface area contributed by atoms with Crippen molar-refractivity contribution >= 4 is 50.7 Å². The minimum Gasteiger partial charge on any atom is -0.451 e. The Morgan fingerprint density at radius 3 is 2.96 bits per heavy atom. The number of benzene rings is 1. The third-order valence-electron chi connectivity index (χ3n) is 3.71. The van der Waals surface area contributed by atoms with Crippen molar-refractivity contribution in [2.45, 2.75) is 6.42 Å². The summed E-state index contributed by atoms with van der Waals surface area (Å²) in [6.07, 6.45) is 4.83. The monoisotopic (exact) mass is 416 g/mol. The zero-order chi connectivity index (χ0) is 17.4. The first-order chi connectivity index (χ1) is 12.1. The van der Waals surface area contributed by atoms with Crippen LogP contribution < -0.4 is 5.32 Å². The first-order valence-electron chi connectivity index (χ1n) is 7.31. The van der Waals surface area contributed by atoms with Crippen LogP contribution in [0, 0.1) is 0 Å². The average Bonchev–Trinajstić information content (AvgIpc) is 3.25. The predicted molar refractivity (Wildman–Crippen MR) is 97.7 cm³/mol. The topological polar surface area (TPSA) is 80.4 Å². The van der Waals surface area contributed by atoms with Crippen LogP contribution in [-0.2, 0) is 6.42 Å². The van der Waals surface area contributed by atoms with Gasteiger partial charge in [0.25, 0.3) is 5.91 Å². The summed E-state index contributed by atoms with van der Waals surface area (Å²) in [5.41, 5.74) is 3.39. The number of hydrogen-bond acceptors (Lipinski definition) is 5. The quantitative estimate of drug-likeness (QED) is 0.684. The Bertz CT molecular complexity index is 1000. The lowest BCUT2D eigenvalue weighted by Crippen LogP contribution is -2.13. The molecule has 124 valence electrons. The molecule has 25 heavy (non-hydrogen) atoms. The molecular formula is C17H10BrClN4O2. The molecule has 3 aromatic rings. The van der Waals surface area contributed by atoms with E-state index in [1.54, 1.807) is 24.4 Å². The van der Waals surface area contributed by atoms with E-state index in [9.17, 15) is 4.79 Å². The molecule has 1 aliphatic heterocycles. The van der Waals surface area contributed by atoms with Gasteiger partial charge in [-0.05, 0) is 40.2 Å². The third kappa shape index (κ3) is 3.20. The molecule has 0 unspecified atom stereocenters. The summed E-state index contributed by atoms with van der Waals surface area (Å²) in [5.74, 6) is 0.329. The van der Waals surface area contributed by atoms with E-state index in [4.69, 9.17) is 16.0 Å². The number of amides is 1. The van der Waals surface area contributed by atoms with Crippen molar-refractivity contribution in [3.8, 4) is 0 Å². The van der Waals surface area contributed by atoms with Crippen LogP contribution in [0.2, 0.25) is 5.02 Å². The van der Waals surface area contributed by atoms with E-state index in [1.165, 1.54) is 12.7 Å². The van der Waals surface area contributed by atoms with Crippen LogP contribution in [0.5, 0.6) is 0 Å². The maximum Gasteiger partial charge on any atom is 0.277 e. The van der Waals surface area contributed by atoms with Gasteiger partial charge < -0.3 is 9.73 Å². The molecule has 1 N–H and O–H groups in total. The molecule has 8 heteroatoms. The highest BCUT2D eigenvalue weighted by atomic mass is 79.9. The van der Waals surface area contributed by atoms with Crippen LogP contribution in [0.15, 0.2) is 57.0 Å². The summed E-state index contributed by atoms with van der Waals surface area (Å²) in [7, 11) is 0. The van der Waals surface area contributed by atoms with Crippen LogP contribution in [0.25, 0.3) is 0 Å². The van der Waals surface area contributed by atoms with Gasteiger partial charge in [0.1, 0.15) is 6.26 Å². The first-order valence-corrected chi connectivity index (χ1v) is 8.49. The fourth-order valence-electron chi connectivity index (χ4n) is 2.55. The molecule has 0 bridgehead atoms. The molecule has 6 nitrogen and oxygen atoms in total. The number of carbonyl (C=O) groups excluding carboxylic acids is 1. The van der Waals surface area contributed by atoms with E-state index in [-0.39, 0.29) is 11.6 Å². The molecule has 2 aromatic heterocycles. The van der Waals surface area contributed by atoms with E-state index in [2.05, 4.69) is 36.2 Å². The van der Waals surface area contributed by atoms with E-state index >= 15 is 0 Å². The van der Waals surface area contributed by atoms with Crippen LogP contribution in [0.4, 0.5) is 11.5 Å². The number of halogens is 2. The van der Waals surface area contributed by atoms with Crippen molar-refractivity contribution in [2.24, 2.45) is 4.99 Å². The molecule has 0 radical (unpaired) electrons. The number of carbonyl (C=O) groups is 1. The van der Waals surface area contributed by atoms with Gasteiger partial charge in [0.15, 0.2) is 17.9 Å². The summed E-state index contributed by atoms with van der Waals surface area (Å²) in [6, 6.07) is 7.23. The second kappa shape index (κ2) is 6.42. The van der Waals surface area contributed by atoms with Crippen molar-refractivity contribution in [2.75, 3.05) is 5.32 Å². The van der Waals surface area contributed by atoms with Crippen LogP contribution in [0.3, 0.4) is 0 Å². The van der Waals surface area contributed by atoms with Crippen molar-refractivity contribution < 1.29 is 9.21 Å². The number of pyridine rings is 1. The van der Waals surface area contributed by atoms with Crippen LogP contribution in [0.1, 0.15) is 21.6 Å². The SMILES string of the molecule is O=C(Nc1ccc(Cl)c(C2=Nc3ncc(Br)cc3C2)c1)c1cocn1. The predicted octanol–water partition coefficient (Wildman–Crippen LogP) is 4.41. The first kappa shape index (κ1) is 16.0. The van der Waals surface area contributed by atoms with Crippen LogP contribution >= 0.6 is 27.5 Å². The number of nitrogens with one attached hydrogen (secondary N) is 1. The van der Waals surface area contributed by atoms with Crippen molar-refractivity contribution in [1.82, 2.24) is 9.97 Å². The number of anilines is 1. The Balaban J connectivity index is 1.62. The number of nitrogens with zero attached hydrogens (tertiary/aromatic N) is 3. The van der Waals surface area contributed by atoms with Crippen LogP contribution in [-0.4, -0.2) is 21.6 Å². The highest BCUT2D eigenvalue weighted by Crippen LogP contribution is 2.32. The van der Waals surface area contributed by atoms with Gasteiger partial charge in [0.05, 0.1) is 5.71 Å². The largest absolute Gasteiger partial charge is 0.451 e. The molecule has 4 rings (SSSR count). The van der Waals surface area contributed by atoms with Gasteiger partial charge >= 0.3 is 0 Å². The number of fused-ring (bicyclic) bond motifs is 1. The fraction of sp³-hybridized carbons (Fsp3) is 0.0588. The highest BCUT2D eigenvalue weighted by Gasteiger charge is 2.20. The lowest BCUT2D eigenvalue weighted by Gasteiger charge is -2.08. The highest BCUT2D eigenvalue weighted by molar-refractivity contribution is 9.10. The smallest absolute Gasteiger partial charge is 0.277 e. The number of hydrogen-bond donors (Lipinski definition) is 1. The molecule has 0 aliphatic carbocycles. The normalized spacial score (nSPS) is 12.6. The summed E-state index contributed by atoms with van der Waals surface area (Å²) >= 11 is 9.75. The number of aliphatic imine (C=N–C) groups is 1. The molecule has 1 aromatic carbocycles. The number of oxazole rings is 1. The summed E-state index contributed by atoms with van der Waals surface area (Å²) in [6.45, 7) is 0. The lowest BCUT2D eigenvalue weighted by molar-refractivity contribution is 0.102. The van der Waals surface area contributed by atoms with Gasteiger partial charge in [0, 0.05) is 38.9 Å². The second-order valence-corrected chi connectivity index (χ2v) is 6.72. The summed E-state index contributed by atoms with van der Waals surface area (Å²) in [5, 5.41) is 3.33. The maximum atomic E-state index is 12.1. The third-order valence-corrected chi connectivity index (χ3v) is 4.47. The van der Waals surface area contributed by atoms with Gasteiger partial charge in [-0.3, -0.25) is 4.79 Å². The van der Waals surface area contributed by atoms with Gasteiger partial charge in [-0.25, -0.2) is 15.0 Å². The second-order valence-electron chi connectivity index (χ2n) is 5.39. The molecular weight excluding hydrogens is 408 g/mol. The summed E-state index contributed by atoms with van der Waals surface area (Å²) in [4.78, 5) is 24.8. The molecule has 3 heterocycles. The Morgan fingerprint density at radius 2 is 2.16 bits per heavy atom. The number of aromatic nitrogens is 2. The standard InChI is InChI=1S/C17H10BrClN4O2/c18-10-3-9-4-14(23-16(9)20-6-10)12-5-11(1-2-13(12)19)22-17(24)15-7-25-8-21-15/h1-3,5-8H,4H2,(H,22,24). The zero-order valence-electron chi connectivity index (χ0n) is 12.7. The summed E-state index contributed by atoms with van der Waals surface area (Å²) < 4.78 is 5.72.